The van der Waals surface area contributed by atoms with E-state index in [1.165, 1.54) is 4.70 Å². The van der Waals surface area contributed by atoms with E-state index in [1.54, 1.807) is 18.4 Å². The normalized spacial score (nSPS) is 20.1. The van der Waals surface area contributed by atoms with Gasteiger partial charge in [-0.15, -0.1) is 24.8 Å². The number of benzene rings is 2. The summed E-state index contributed by atoms with van der Waals surface area (Å²) >= 11 is 1.76. The minimum absolute atomic E-state index is 0. The highest BCUT2D eigenvalue weighted by Gasteiger charge is 2.44. The molecule has 0 amide bonds. The van der Waals surface area contributed by atoms with Crippen LogP contribution in [0.5, 0.6) is 17.2 Å². The van der Waals surface area contributed by atoms with E-state index in [0.29, 0.717) is 29.8 Å². The number of methoxy groups -OCH3 is 1. The number of ether oxygens (including phenoxy) is 3. The van der Waals surface area contributed by atoms with Crippen LogP contribution < -0.4 is 24.8 Å². The van der Waals surface area contributed by atoms with Crippen molar-refractivity contribution in [1.29, 1.82) is 0 Å². The number of piperidine rings is 1. The molecule has 2 aliphatic heterocycles. The molecule has 1 saturated heterocycles. The van der Waals surface area contributed by atoms with Crippen LogP contribution in [0.3, 0.4) is 0 Å². The molecule has 0 aliphatic carbocycles. The Kier molecular flexibility index (Phi) is 7.65. The van der Waals surface area contributed by atoms with Gasteiger partial charge >= 0.3 is 0 Å². The lowest BCUT2D eigenvalue weighted by molar-refractivity contribution is 0.00737. The first kappa shape index (κ1) is 24.7. The molecular formula is C23H29Cl2N3O3S. The Morgan fingerprint density at radius 3 is 2.59 bits per heavy atom. The summed E-state index contributed by atoms with van der Waals surface area (Å²) in [6, 6.07) is 14.0. The third-order valence-electron chi connectivity index (χ3n) is 6.43. The van der Waals surface area contributed by atoms with Gasteiger partial charge in [0.05, 0.1) is 22.9 Å². The lowest BCUT2D eigenvalue weighted by Crippen LogP contribution is -2.61. The van der Waals surface area contributed by atoms with Crippen LogP contribution in [-0.2, 0) is 0 Å². The third-order valence-corrected chi connectivity index (χ3v) is 7.53. The fourth-order valence-electron chi connectivity index (χ4n) is 4.49. The van der Waals surface area contributed by atoms with Crippen molar-refractivity contribution in [3.05, 3.63) is 42.5 Å². The number of halogens is 2. The summed E-state index contributed by atoms with van der Waals surface area (Å²) in [5.74, 6) is 2.39. The van der Waals surface area contributed by atoms with Gasteiger partial charge < -0.3 is 24.8 Å². The van der Waals surface area contributed by atoms with Crippen molar-refractivity contribution in [3.8, 4) is 17.2 Å². The molecule has 6 nitrogen and oxygen atoms in total. The lowest BCUT2D eigenvalue weighted by Gasteiger charge is -2.45. The van der Waals surface area contributed by atoms with E-state index in [2.05, 4.69) is 30.0 Å². The summed E-state index contributed by atoms with van der Waals surface area (Å²) in [6.07, 6.45) is 1.78. The van der Waals surface area contributed by atoms with Gasteiger partial charge in [-0.2, -0.15) is 0 Å². The molecular weight excluding hydrogens is 469 g/mol. The summed E-state index contributed by atoms with van der Waals surface area (Å²) in [5.41, 5.74) is 7.45. The van der Waals surface area contributed by atoms with Crippen LogP contribution in [-0.4, -0.2) is 43.4 Å². The molecule has 174 valence electrons. The maximum Gasteiger partial charge on any atom is 0.204 e. The quantitative estimate of drug-likeness (QED) is 0.551. The Hall–Kier alpha value is -1.93. The predicted octanol–water partition coefficient (Wildman–Crippen LogP) is 4.92. The van der Waals surface area contributed by atoms with Crippen molar-refractivity contribution < 1.29 is 14.2 Å². The zero-order valence-electron chi connectivity index (χ0n) is 18.2. The lowest BCUT2D eigenvalue weighted by atomic mass is 9.76. The molecule has 2 aliphatic rings. The highest BCUT2D eigenvalue weighted by atomic mass is 35.5. The monoisotopic (exact) mass is 497 g/mol. The van der Waals surface area contributed by atoms with Crippen molar-refractivity contribution in [2.75, 3.05) is 31.7 Å². The fourth-order valence-corrected chi connectivity index (χ4v) is 5.50. The minimum atomic E-state index is -0.502. The SMILES string of the molecule is COc1cccc2c1OC(C(C)(N)C1CCN(c3nc4ccccc4s3)CC1)CO2.Cl.Cl. The minimum Gasteiger partial charge on any atom is -0.493 e. The van der Waals surface area contributed by atoms with Crippen molar-refractivity contribution in [3.63, 3.8) is 0 Å². The summed E-state index contributed by atoms with van der Waals surface area (Å²) in [5, 5.41) is 1.10. The number of thiazole rings is 1. The first-order valence-electron chi connectivity index (χ1n) is 10.4. The van der Waals surface area contributed by atoms with Crippen LogP contribution in [0.1, 0.15) is 19.8 Å². The van der Waals surface area contributed by atoms with Gasteiger partial charge in [0.25, 0.3) is 0 Å². The average molecular weight is 498 g/mol. The van der Waals surface area contributed by atoms with Gasteiger partial charge in [0, 0.05) is 13.1 Å². The Morgan fingerprint density at radius 1 is 1.12 bits per heavy atom. The second-order valence-electron chi connectivity index (χ2n) is 8.30. The molecule has 2 N–H and O–H groups in total. The first-order valence-corrected chi connectivity index (χ1v) is 11.2. The van der Waals surface area contributed by atoms with E-state index < -0.39 is 5.54 Å². The standard InChI is InChI=1S/C23H27N3O3S.2ClH/c1-23(24,20-14-28-18-8-5-7-17(27-2)21(18)29-20)15-10-12-26(13-11-15)22-25-16-6-3-4-9-19(16)30-22;;/h3-9,15,20H,10-14,24H2,1-2H3;2*1H. The van der Waals surface area contributed by atoms with Gasteiger partial charge in [0.2, 0.25) is 5.75 Å². The first-order chi connectivity index (χ1) is 14.6. The van der Waals surface area contributed by atoms with Gasteiger partial charge in [-0.1, -0.05) is 29.5 Å². The van der Waals surface area contributed by atoms with Crippen LogP contribution in [0.25, 0.3) is 10.2 Å². The molecule has 0 radical (unpaired) electrons. The molecule has 3 heterocycles. The highest BCUT2D eigenvalue weighted by molar-refractivity contribution is 7.22. The van der Waals surface area contributed by atoms with Crippen molar-refractivity contribution >= 4 is 51.5 Å². The Balaban J connectivity index is 0.00000144. The Bertz CT molecular complexity index is 1010. The van der Waals surface area contributed by atoms with Gasteiger partial charge in [0.1, 0.15) is 6.61 Å². The number of fused-ring (bicyclic) bond motifs is 2. The van der Waals surface area contributed by atoms with Crippen LogP contribution in [0.15, 0.2) is 42.5 Å². The van der Waals surface area contributed by atoms with Gasteiger partial charge in [0.15, 0.2) is 22.7 Å². The van der Waals surface area contributed by atoms with E-state index in [0.717, 1.165) is 36.6 Å². The molecule has 5 rings (SSSR count). The molecule has 2 aromatic carbocycles. The van der Waals surface area contributed by atoms with E-state index in [-0.39, 0.29) is 30.9 Å². The number of hydrogen-bond acceptors (Lipinski definition) is 7. The van der Waals surface area contributed by atoms with Crippen molar-refractivity contribution in [1.82, 2.24) is 4.98 Å². The molecule has 9 heteroatoms. The molecule has 2 atom stereocenters. The van der Waals surface area contributed by atoms with E-state index >= 15 is 0 Å². The molecule has 32 heavy (non-hydrogen) atoms. The highest BCUT2D eigenvalue weighted by Crippen LogP contribution is 2.43. The smallest absolute Gasteiger partial charge is 0.204 e. The maximum atomic E-state index is 6.88. The number of rotatable bonds is 4. The molecule has 0 spiro atoms. The van der Waals surface area contributed by atoms with Crippen molar-refractivity contribution in [2.45, 2.75) is 31.4 Å². The number of nitrogens with two attached hydrogens (primary N) is 1. The Morgan fingerprint density at radius 2 is 1.88 bits per heavy atom. The molecule has 0 saturated carbocycles. The Labute approximate surface area is 204 Å². The average Bonchev–Trinajstić information content (AvgIpc) is 3.22. The molecule has 3 aromatic rings. The van der Waals surface area contributed by atoms with Gasteiger partial charge in [-0.25, -0.2) is 4.98 Å². The topological polar surface area (TPSA) is 69.8 Å². The van der Waals surface area contributed by atoms with Crippen LogP contribution in [0, 0.1) is 5.92 Å². The summed E-state index contributed by atoms with van der Waals surface area (Å²) < 4.78 is 19.0. The van der Waals surface area contributed by atoms with Gasteiger partial charge in [-0.05, 0) is 49.9 Å². The van der Waals surface area contributed by atoms with Crippen LogP contribution >= 0.6 is 36.2 Å². The zero-order chi connectivity index (χ0) is 20.7. The van der Waals surface area contributed by atoms with Crippen molar-refractivity contribution in [2.24, 2.45) is 11.7 Å². The predicted molar refractivity (Wildman–Crippen MR) is 135 cm³/mol. The summed E-state index contributed by atoms with van der Waals surface area (Å²) in [6.45, 7) is 4.44. The number of para-hydroxylation sites is 2. The zero-order valence-corrected chi connectivity index (χ0v) is 20.6. The molecule has 0 bridgehead atoms. The number of nitrogens with zero attached hydrogens (tertiary/aromatic N) is 2. The number of anilines is 1. The molecule has 1 fully saturated rings. The largest absolute Gasteiger partial charge is 0.493 e. The number of aromatic nitrogens is 1. The fraction of sp³-hybridized carbons (Fsp3) is 0.435. The van der Waals surface area contributed by atoms with Crippen LogP contribution in [0.4, 0.5) is 5.13 Å². The summed E-state index contributed by atoms with van der Waals surface area (Å²) in [7, 11) is 1.64. The second kappa shape index (κ2) is 9.91. The molecule has 1 aromatic heterocycles. The van der Waals surface area contributed by atoms with Crippen LogP contribution in [0.2, 0.25) is 0 Å². The molecule has 2 unspecified atom stereocenters. The third kappa shape index (κ3) is 4.44. The summed E-state index contributed by atoms with van der Waals surface area (Å²) in [4.78, 5) is 7.19. The van der Waals surface area contributed by atoms with Gasteiger partial charge in [-0.3, -0.25) is 0 Å². The maximum absolute atomic E-state index is 6.88. The van der Waals surface area contributed by atoms with E-state index in [1.807, 2.05) is 24.3 Å². The number of hydrogen-bond donors (Lipinski definition) is 1. The van der Waals surface area contributed by atoms with E-state index in [4.69, 9.17) is 24.9 Å². The second-order valence-corrected chi connectivity index (χ2v) is 9.31. The van der Waals surface area contributed by atoms with E-state index in [9.17, 15) is 0 Å².